The summed E-state index contributed by atoms with van der Waals surface area (Å²) in [6.45, 7) is 14.7. The topological polar surface area (TPSA) is 24.5 Å². The fourth-order valence-corrected chi connectivity index (χ4v) is 2.62. The summed E-state index contributed by atoms with van der Waals surface area (Å²) in [5.74, 6) is 0. The molecule has 0 aromatic heterocycles. The Morgan fingerprint density at radius 1 is 1.41 bits per heavy atom. The number of piperazine rings is 1. The van der Waals surface area contributed by atoms with E-state index in [1.807, 2.05) is 0 Å². The second-order valence-corrected chi connectivity index (χ2v) is 6.40. The van der Waals surface area contributed by atoms with E-state index < -0.39 is 0 Å². The van der Waals surface area contributed by atoms with E-state index in [1.54, 1.807) is 7.11 Å². The summed E-state index contributed by atoms with van der Waals surface area (Å²) < 4.78 is 5.42. The maximum absolute atomic E-state index is 5.42. The molecule has 0 amide bonds. The van der Waals surface area contributed by atoms with E-state index in [-0.39, 0.29) is 0 Å². The van der Waals surface area contributed by atoms with Crippen molar-refractivity contribution >= 4 is 0 Å². The summed E-state index contributed by atoms with van der Waals surface area (Å²) in [5.41, 5.74) is 0.319. The molecule has 0 bridgehead atoms. The van der Waals surface area contributed by atoms with Crippen LogP contribution in [-0.4, -0.2) is 49.8 Å². The van der Waals surface area contributed by atoms with Crippen LogP contribution in [0.25, 0.3) is 0 Å². The third-order valence-corrected chi connectivity index (χ3v) is 3.88. The summed E-state index contributed by atoms with van der Waals surface area (Å²) in [6, 6.07) is 1.24. The molecule has 3 atom stereocenters. The third kappa shape index (κ3) is 4.23. The highest BCUT2D eigenvalue weighted by Crippen LogP contribution is 2.27. The van der Waals surface area contributed by atoms with Gasteiger partial charge in [0, 0.05) is 38.8 Å². The number of hydrogen-bond acceptors (Lipinski definition) is 3. The minimum absolute atomic E-state index is 0.315. The number of rotatable bonds is 4. The Labute approximate surface area is 107 Å². The van der Waals surface area contributed by atoms with E-state index >= 15 is 0 Å². The fourth-order valence-electron chi connectivity index (χ4n) is 2.62. The van der Waals surface area contributed by atoms with Crippen LogP contribution in [0.15, 0.2) is 0 Å². The molecule has 17 heavy (non-hydrogen) atoms. The number of ether oxygens (including phenoxy) is 1. The standard InChI is InChI=1S/C14H30N2O/c1-7-12-10-16(9-11(2)17-6)13(8-15-12)14(3,4)5/h11-13,15H,7-10H2,1-6H3. The summed E-state index contributed by atoms with van der Waals surface area (Å²) in [5, 5.41) is 3.66. The monoisotopic (exact) mass is 242 g/mol. The highest BCUT2D eigenvalue weighted by Gasteiger charge is 2.35. The summed E-state index contributed by atoms with van der Waals surface area (Å²) in [7, 11) is 1.80. The highest BCUT2D eigenvalue weighted by molar-refractivity contribution is 4.92. The Kier molecular flexibility index (Phi) is 5.42. The number of hydrogen-bond donors (Lipinski definition) is 1. The quantitative estimate of drug-likeness (QED) is 0.817. The molecule has 1 aliphatic heterocycles. The summed E-state index contributed by atoms with van der Waals surface area (Å²) in [6.07, 6.45) is 1.52. The Balaban J connectivity index is 2.68. The van der Waals surface area contributed by atoms with Gasteiger partial charge in [-0.25, -0.2) is 0 Å². The molecule has 0 aromatic carbocycles. The van der Waals surface area contributed by atoms with Crippen LogP contribution >= 0.6 is 0 Å². The molecule has 1 N–H and O–H groups in total. The van der Waals surface area contributed by atoms with Gasteiger partial charge < -0.3 is 10.1 Å². The van der Waals surface area contributed by atoms with Crippen molar-refractivity contribution in [2.75, 3.05) is 26.7 Å². The van der Waals surface area contributed by atoms with Gasteiger partial charge in [0.2, 0.25) is 0 Å². The first-order valence-corrected chi connectivity index (χ1v) is 6.88. The molecule has 3 heteroatoms. The van der Waals surface area contributed by atoms with Crippen LogP contribution in [0.1, 0.15) is 41.0 Å². The number of methoxy groups -OCH3 is 1. The molecule has 0 radical (unpaired) electrons. The first kappa shape index (κ1) is 14.9. The van der Waals surface area contributed by atoms with Gasteiger partial charge in [0.1, 0.15) is 0 Å². The molecule has 1 saturated heterocycles. The minimum Gasteiger partial charge on any atom is -0.380 e. The first-order chi connectivity index (χ1) is 7.88. The molecule has 102 valence electrons. The van der Waals surface area contributed by atoms with Gasteiger partial charge in [-0.15, -0.1) is 0 Å². The molecule has 0 saturated carbocycles. The van der Waals surface area contributed by atoms with Crippen molar-refractivity contribution in [3.05, 3.63) is 0 Å². The normalized spacial score (nSPS) is 29.3. The van der Waals surface area contributed by atoms with Gasteiger partial charge in [-0.3, -0.25) is 4.90 Å². The van der Waals surface area contributed by atoms with Gasteiger partial charge in [-0.2, -0.15) is 0 Å². The van der Waals surface area contributed by atoms with E-state index in [9.17, 15) is 0 Å². The first-order valence-electron chi connectivity index (χ1n) is 6.88. The van der Waals surface area contributed by atoms with E-state index in [4.69, 9.17) is 4.74 Å². The van der Waals surface area contributed by atoms with Crippen molar-refractivity contribution in [3.8, 4) is 0 Å². The van der Waals surface area contributed by atoms with E-state index in [0.29, 0.717) is 23.6 Å². The van der Waals surface area contributed by atoms with E-state index in [0.717, 1.165) is 19.6 Å². The van der Waals surface area contributed by atoms with E-state index in [1.165, 1.54) is 6.42 Å². The Morgan fingerprint density at radius 2 is 2.06 bits per heavy atom. The third-order valence-electron chi connectivity index (χ3n) is 3.88. The predicted molar refractivity (Wildman–Crippen MR) is 73.4 cm³/mol. The van der Waals surface area contributed by atoms with Crippen molar-refractivity contribution in [1.29, 1.82) is 0 Å². The maximum Gasteiger partial charge on any atom is 0.0670 e. The summed E-state index contributed by atoms with van der Waals surface area (Å²) in [4.78, 5) is 2.61. The molecule has 0 spiro atoms. The van der Waals surface area contributed by atoms with E-state index in [2.05, 4.69) is 44.8 Å². The van der Waals surface area contributed by atoms with Crippen LogP contribution in [0.4, 0.5) is 0 Å². The molecular weight excluding hydrogens is 212 g/mol. The van der Waals surface area contributed by atoms with Crippen molar-refractivity contribution in [1.82, 2.24) is 10.2 Å². The van der Waals surface area contributed by atoms with Gasteiger partial charge >= 0.3 is 0 Å². The Morgan fingerprint density at radius 3 is 2.53 bits per heavy atom. The molecule has 0 aromatic rings. The van der Waals surface area contributed by atoms with Crippen molar-refractivity contribution in [3.63, 3.8) is 0 Å². The Bertz CT molecular complexity index is 223. The van der Waals surface area contributed by atoms with Crippen LogP contribution < -0.4 is 5.32 Å². The molecular formula is C14H30N2O. The molecule has 1 rings (SSSR count). The predicted octanol–water partition coefficient (Wildman–Crippen LogP) is 2.12. The van der Waals surface area contributed by atoms with Crippen molar-refractivity contribution in [2.24, 2.45) is 5.41 Å². The average molecular weight is 242 g/mol. The zero-order valence-corrected chi connectivity index (χ0v) is 12.4. The van der Waals surface area contributed by atoms with Crippen LogP contribution in [0, 0.1) is 5.41 Å². The lowest BCUT2D eigenvalue weighted by molar-refractivity contribution is 0.00656. The smallest absolute Gasteiger partial charge is 0.0670 e. The SMILES string of the molecule is CCC1CN(CC(C)OC)C(C(C)(C)C)CN1. The number of nitrogens with zero attached hydrogens (tertiary/aromatic N) is 1. The summed E-state index contributed by atoms with van der Waals surface area (Å²) >= 11 is 0. The average Bonchev–Trinajstić information content (AvgIpc) is 2.27. The van der Waals surface area contributed by atoms with Crippen LogP contribution in [0.2, 0.25) is 0 Å². The lowest BCUT2D eigenvalue weighted by Crippen LogP contribution is -2.61. The Hall–Kier alpha value is -0.120. The van der Waals surface area contributed by atoms with Gasteiger partial charge in [0.25, 0.3) is 0 Å². The molecule has 3 unspecified atom stereocenters. The molecule has 1 aliphatic rings. The van der Waals surface area contributed by atoms with Gasteiger partial charge in [0.05, 0.1) is 6.10 Å². The minimum atomic E-state index is 0.315. The second-order valence-electron chi connectivity index (χ2n) is 6.40. The number of nitrogens with one attached hydrogen (secondary N) is 1. The maximum atomic E-state index is 5.42. The fraction of sp³-hybridized carbons (Fsp3) is 1.00. The largest absolute Gasteiger partial charge is 0.380 e. The van der Waals surface area contributed by atoms with Crippen LogP contribution in [-0.2, 0) is 4.74 Å². The second kappa shape index (κ2) is 6.17. The van der Waals surface area contributed by atoms with Crippen LogP contribution in [0.3, 0.4) is 0 Å². The van der Waals surface area contributed by atoms with Gasteiger partial charge in [-0.05, 0) is 18.8 Å². The molecule has 0 aliphatic carbocycles. The van der Waals surface area contributed by atoms with Crippen LogP contribution in [0.5, 0.6) is 0 Å². The van der Waals surface area contributed by atoms with Crippen molar-refractivity contribution < 1.29 is 4.74 Å². The zero-order valence-electron chi connectivity index (χ0n) is 12.4. The van der Waals surface area contributed by atoms with Gasteiger partial charge in [-0.1, -0.05) is 27.7 Å². The highest BCUT2D eigenvalue weighted by atomic mass is 16.5. The zero-order chi connectivity index (χ0) is 13.1. The van der Waals surface area contributed by atoms with Crippen molar-refractivity contribution in [2.45, 2.75) is 59.2 Å². The lowest BCUT2D eigenvalue weighted by atomic mass is 9.83. The lowest BCUT2D eigenvalue weighted by Gasteiger charge is -2.47. The molecule has 3 nitrogen and oxygen atoms in total. The molecule has 1 heterocycles. The molecule has 1 fully saturated rings. The van der Waals surface area contributed by atoms with Gasteiger partial charge in [0.15, 0.2) is 0 Å².